The van der Waals surface area contributed by atoms with Crippen LogP contribution >= 0.6 is 0 Å². The summed E-state index contributed by atoms with van der Waals surface area (Å²) in [6.07, 6.45) is 3.62. The zero-order valence-corrected chi connectivity index (χ0v) is 19.4. The van der Waals surface area contributed by atoms with Crippen LogP contribution < -0.4 is 10.4 Å². The van der Waals surface area contributed by atoms with Crippen molar-refractivity contribution in [3.63, 3.8) is 0 Å². The summed E-state index contributed by atoms with van der Waals surface area (Å²) in [6, 6.07) is 13.9. The second-order valence-electron chi connectivity index (χ2n) is 8.60. The molecule has 2 aromatic carbocycles. The number of benzene rings is 2. The molecule has 3 aromatic rings. The molecule has 6 nitrogen and oxygen atoms in total. The maximum absolute atomic E-state index is 12.1. The van der Waals surface area contributed by atoms with E-state index in [1.165, 1.54) is 11.6 Å². The molecule has 0 aliphatic carbocycles. The third-order valence-electron chi connectivity index (χ3n) is 5.99. The summed E-state index contributed by atoms with van der Waals surface area (Å²) in [5.41, 5.74) is 4.24. The maximum Gasteiger partial charge on any atom is 0.336 e. The average Bonchev–Trinajstić information content (AvgIpc) is 2.82. The third-order valence-corrected chi connectivity index (χ3v) is 5.99. The summed E-state index contributed by atoms with van der Waals surface area (Å²) in [5.74, 6) is 0.527. The van der Waals surface area contributed by atoms with Gasteiger partial charge in [0.25, 0.3) is 0 Å². The predicted octanol–water partition coefficient (Wildman–Crippen LogP) is 4.77. The van der Waals surface area contributed by atoms with Crippen LogP contribution in [0.5, 0.6) is 5.75 Å². The average molecular weight is 450 g/mol. The summed E-state index contributed by atoms with van der Waals surface area (Å²) < 4.78 is 17.1. The van der Waals surface area contributed by atoms with Crippen LogP contribution in [0.15, 0.2) is 51.7 Å². The van der Waals surface area contributed by atoms with E-state index in [-0.39, 0.29) is 18.0 Å². The van der Waals surface area contributed by atoms with Gasteiger partial charge in [0.05, 0.1) is 12.2 Å². The highest BCUT2D eigenvalue weighted by atomic mass is 16.5. The number of hydrogen-bond acceptors (Lipinski definition) is 6. The number of fused-ring (bicyclic) bond motifs is 3. The Morgan fingerprint density at radius 2 is 1.97 bits per heavy atom. The zero-order valence-electron chi connectivity index (χ0n) is 19.4. The van der Waals surface area contributed by atoms with E-state index in [9.17, 15) is 9.59 Å². The molecule has 0 saturated heterocycles. The maximum atomic E-state index is 12.1. The smallest absolute Gasteiger partial charge is 0.336 e. The van der Waals surface area contributed by atoms with E-state index >= 15 is 0 Å². The highest BCUT2D eigenvalue weighted by Crippen LogP contribution is 2.37. The molecular weight excluding hydrogens is 418 g/mol. The van der Waals surface area contributed by atoms with Crippen LogP contribution in [0, 0.1) is 6.92 Å². The van der Waals surface area contributed by atoms with Crippen molar-refractivity contribution in [1.82, 2.24) is 4.90 Å². The Morgan fingerprint density at radius 1 is 1.15 bits per heavy atom. The van der Waals surface area contributed by atoms with Gasteiger partial charge in [-0.25, -0.2) is 4.79 Å². The van der Waals surface area contributed by atoms with Crippen LogP contribution in [-0.4, -0.2) is 30.8 Å². The van der Waals surface area contributed by atoms with E-state index in [0.29, 0.717) is 31.9 Å². The van der Waals surface area contributed by atoms with Crippen LogP contribution in [0.3, 0.4) is 0 Å². The van der Waals surface area contributed by atoms with Crippen LogP contribution in [0.4, 0.5) is 0 Å². The van der Waals surface area contributed by atoms with Gasteiger partial charge in [-0.1, -0.05) is 37.3 Å². The van der Waals surface area contributed by atoms with Gasteiger partial charge in [0.1, 0.15) is 18.1 Å². The number of rotatable bonds is 9. The molecular formula is C27H31NO5. The van der Waals surface area contributed by atoms with Gasteiger partial charge in [0, 0.05) is 31.0 Å². The number of esters is 1. The van der Waals surface area contributed by atoms with E-state index < -0.39 is 0 Å². The Balaban J connectivity index is 1.55. The molecule has 0 radical (unpaired) electrons. The molecule has 1 aliphatic heterocycles. The van der Waals surface area contributed by atoms with E-state index in [1.54, 1.807) is 0 Å². The van der Waals surface area contributed by atoms with E-state index in [1.807, 2.05) is 26.0 Å². The fraction of sp³-hybridized carbons (Fsp3) is 0.407. The minimum Gasteiger partial charge on any atom is -0.477 e. The molecule has 33 heavy (non-hydrogen) atoms. The first-order valence-corrected chi connectivity index (χ1v) is 11.7. The minimum atomic E-state index is -0.362. The van der Waals surface area contributed by atoms with Gasteiger partial charge in [-0.05, 0) is 55.4 Å². The SMILES string of the molecule is CCCOC(=O)CCc1cc2c(C)cc(=O)oc2c2c1OCN(CCCc1ccccc1)C2. The second-order valence-corrected chi connectivity index (χ2v) is 8.60. The highest BCUT2D eigenvalue weighted by molar-refractivity contribution is 5.86. The van der Waals surface area contributed by atoms with Gasteiger partial charge >= 0.3 is 11.6 Å². The Labute approximate surface area is 194 Å². The van der Waals surface area contributed by atoms with Crippen LogP contribution in [0.2, 0.25) is 0 Å². The summed E-state index contributed by atoms with van der Waals surface area (Å²) in [4.78, 5) is 26.4. The number of nitrogens with zero attached hydrogens (tertiary/aromatic N) is 1. The molecule has 0 fully saturated rings. The second kappa shape index (κ2) is 10.7. The van der Waals surface area contributed by atoms with Crippen molar-refractivity contribution in [2.24, 2.45) is 0 Å². The molecule has 6 heteroatoms. The molecule has 0 amide bonds. The van der Waals surface area contributed by atoms with Gasteiger partial charge in [0.2, 0.25) is 0 Å². The van der Waals surface area contributed by atoms with E-state index in [2.05, 4.69) is 29.2 Å². The van der Waals surface area contributed by atoms with Crippen molar-refractivity contribution < 1.29 is 18.7 Å². The minimum absolute atomic E-state index is 0.208. The van der Waals surface area contributed by atoms with Crippen LogP contribution in [0.25, 0.3) is 11.0 Å². The Bertz CT molecular complexity index is 1170. The largest absolute Gasteiger partial charge is 0.477 e. The zero-order chi connectivity index (χ0) is 23.2. The Hall–Kier alpha value is -3.12. The van der Waals surface area contributed by atoms with E-state index in [0.717, 1.165) is 53.6 Å². The summed E-state index contributed by atoms with van der Waals surface area (Å²) in [5, 5.41) is 0.889. The number of ether oxygens (including phenoxy) is 2. The van der Waals surface area contributed by atoms with Crippen molar-refractivity contribution in [3.8, 4) is 5.75 Å². The topological polar surface area (TPSA) is 69.0 Å². The highest BCUT2D eigenvalue weighted by Gasteiger charge is 2.25. The first-order valence-electron chi connectivity index (χ1n) is 11.7. The molecule has 0 unspecified atom stereocenters. The monoisotopic (exact) mass is 449 g/mol. The quantitative estimate of drug-likeness (QED) is 0.346. The fourth-order valence-corrected chi connectivity index (χ4v) is 4.31. The van der Waals surface area contributed by atoms with Crippen LogP contribution in [0.1, 0.15) is 48.4 Å². The lowest BCUT2D eigenvalue weighted by Crippen LogP contribution is -2.33. The molecule has 0 bridgehead atoms. The first-order chi connectivity index (χ1) is 16.0. The molecule has 0 spiro atoms. The molecule has 2 heterocycles. The summed E-state index contributed by atoms with van der Waals surface area (Å²) in [6.45, 7) is 6.31. The van der Waals surface area contributed by atoms with Crippen molar-refractivity contribution in [3.05, 3.63) is 75.1 Å². The fourth-order valence-electron chi connectivity index (χ4n) is 4.31. The molecule has 0 saturated carbocycles. The number of carbonyl (C=O) groups excluding carboxylic acids is 1. The third kappa shape index (κ3) is 5.63. The van der Waals surface area contributed by atoms with Crippen molar-refractivity contribution in [2.45, 2.75) is 52.5 Å². The molecule has 0 atom stereocenters. The molecule has 1 aliphatic rings. The standard InChI is InChI=1S/C27H31NO5/c1-3-14-31-24(29)12-11-21-16-22-19(2)15-25(30)33-27(22)23-17-28(18-32-26(21)23)13-7-10-20-8-5-4-6-9-20/h4-6,8-9,15-16H,3,7,10-14,17-18H2,1-2H3. The van der Waals surface area contributed by atoms with Gasteiger partial charge in [-0.2, -0.15) is 0 Å². The van der Waals surface area contributed by atoms with E-state index in [4.69, 9.17) is 13.9 Å². The Kier molecular flexibility index (Phi) is 7.45. The van der Waals surface area contributed by atoms with Gasteiger partial charge < -0.3 is 13.9 Å². The number of carbonyl (C=O) groups is 1. The van der Waals surface area contributed by atoms with Gasteiger partial charge in [0.15, 0.2) is 0 Å². The molecule has 1 aromatic heterocycles. The summed E-state index contributed by atoms with van der Waals surface area (Å²) in [7, 11) is 0. The van der Waals surface area contributed by atoms with Crippen molar-refractivity contribution >= 4 is 16.9 Å². The van der Waals surface area contributed by atoms with Crippen molar-refractivity contribution in [2.75, 3.05) is 19.9 Å². The molecule has 4 rings (SSSR count). The normalized spacial score (nSPS) is 13.5. The van der Waals surface area contributed by atoms with Crippen molar-refractivity contribution in [1.29, 1.82) is 0 Å². The predicted molar refractivity (Wildman–Crippen MR) is 127 cm³/mol. The molecule has 174 valence electrons. The number of hydrogen-bond donors (Lipinski definition) is 0. The lowest BCUT2D eigenvalue weighted by Gasteiger charge is -2.31. The summed E-state index contributed by atoms with van der Waals surface area (Å²) >= 11 is 0. The first kappa shape index (κ1) is 23.1. The Morgan fingerprint density at radius 3 is 2.76 bits per heavy atom. The lowest BCUT2D eigenvalue weighted by atomic mass is 9.97. The van der Waals surface area contributed by atoms with Crippen LogP contribution in [-0.2, 0) is 28.9 Å². The molecule has 0 N–H and O–H groups in total. The van der Waals surface area contributed by atoms with Gasteiger partial charge in [-0.15, -0.1) is 0 Å². The van der Waals surface area contributed by atoms with Gasteiger partial charge in [-0.3, -0.25) is 9.69 Å². The lowest BCUT2D eigenvalue weighted by molar-refractivity contribution is -0.143. The number of aryl methyl sites for hydroxylation is 3.